The number of amides is 1. The van der Waals surface area contributed by atoms with E-state index in [1.165, 1.54) is 25.0 Å². The lowest BCUT2D eigenvalue weighted by molar-refractivity contribution is -0.126. The maximum Gasteiger partial charge on any atom is 0.224 e. The van der Waals surface area contributed by atoms with Gasteiger partial charge in [-0.2, -0.15) is 0 Å². The molecule has 1 N–H and O–H groups in total. The average molecular weight is 351 g/mol. The molecule has 0 aliphatic heterocycles. The fraction of sp³-hybridized carbons (Fsp3) is 0.429. The summed E-state index contributed by atoms with van der Waals surface area (Å²) in [5.74, 6) is 1.54. The van der Waals surface area contributed by atoms with Crippen LogP contribution < -0.4 is 5.32 Å². The zero-order chi connectivity index (χ0) is 17.9. The fourth-order valence-corrected chi connectivity index (χ4v) is 5.13. The highest BCUT2D eigenvalue weighted by atomic mass is 19.1. The second-order valence-corrected chi connectivity index (χ2v) is 7.98. The normalized spacial score (nSPS) is 28.5. The SMILES string of the molecule is Cn1ccnc1[C@@H](NC(=O)[C@@H]1C[C@H]2C=C[C@H]1C21CC1)c1ccc(F)cc1. The Kier molecular flexibility index (Phi) is 3.36. The molecule has 26 heavy (non-hydrogen) atoms. The summed E-state index contributed by atoms with van der Waals surface area (Å²) in [6.07, 6.45) is 11.6. The second kappa shape index (κ2) is 5.53. The number of halogens is 1. The van der Waals surface area contributed by atoms with E-state index in [4.69, 9.17) is 0 Å². The standard InChI is InChI=1S/C21H22FN3O/c1-25-11-10-23-19(25)18(13-2-5-15(22)6-3-13)24-20(26)16-12-14-4-7-17(16)21(14)8-9-21/h2-7,10-11,14,16-18H,8-9,12H2,1H3,(H,24,26)/t14-,16-,17-,18+/m1/s1. The third-order valence-electron chi connectivity index (χ3n) is 6.67. The fourth-order valence-electron chi connectivity index (χ4n) is 5.13. The van der Waals surface area contributed by atoms with Crippen molar-refractivity contribution in [2.45, 2.75) is 25.3 Å². The average Bonchev–Trinajstić information content (AvgIpc) is 3.11. The number of hydrogen-bond donors (Lipinski definition) is 1. The lowest BCUT2D eigenvalue weighted by atomic mass is 9.88. The van der Waals surface area contributed by atoms with E-state index in [9.17, 15) is 9.18 Å². The topological polar surface area (TPSA) is 46.9 Å². The molecule has 2 fully saturated rings. The highest BCUT2D eigenvalue weighted by Crippen LogP contribution is 2.70. The minimum atomic E-state index is -0.374. The molecule has 1 amide bonds. The highest BCUT2D eigenvalue weighted by molar-refractivity contribution is 5.81. The maximum absolute atomic E-state index is 13.4. The van der Waals surface area contributed by atoms with Gasteiger partial charge >= 0.3 is 0 Å². The molecule has 3 aliphatic carbocycles. The molecule has 5 heteroatoms. The summed E-state index contributed by atoms with van der Waals surface area (Å²) in [4.78, 5) is 17.6. The number of nitrogens with zero attached hydrogens (tertiary/aromatic N) is 2. The number of carbonyl (C=O) groups is 1. The zero-order valence-electron chi connectivity index (χ0n) is 14.7. The van der Waals surface area contributed by atoms with Crippen LogP contribution in [-0.4, -0.2) is 15.5 Å². The van der Waals surface area contributed by atoms with E-state index in [2.05, 4.69) is 22.5 Å². The first-order chi connectivity index (χ1) is 12.6. The molecular weight excluding hydrogens is 329 g/mol. The Morgan fingerprint density at radius 1 is 1.31 bits per heavy atom. The molecule has 1 aromatic heterocycles. The second-order valence-electron chi connectivity index (χ2n) is 7.98. The van der Waals surface area contributed by atoms with Gasteiger partial charge in [-0.3, -0.25) is 4.79 Å². The number of aromatic nitrogens is 2. The Bertz CT molecular complexity index is 881. The number of benzene rings is 1. The van der Waals surface area contributed by atoms with Crippen LogP contribution in [0.15, 0.2) is 48.8 Å². The van der Waals surface area contributed by atoms with Gasteiger partial charge in [0.15, 0.2) is 0 Å². The predicted octanol–water partition coefficient (Wildman–Crippen LogP) is 3.37. The van der Waals surface area contributed by atoms with Gasteiger partial charge < -0.3 is 9.88 Å². The summed E-state index contributed by atoms with van der Waals surface area (Å²) in [7, 11) is 1.91. The number of hydrogen-bond acceptors (Lipinski definition) is 2. The van der Waals surface area contributed by atoms with Crippen LogP contribution in [0.1, 0.15) is 36.7 Å². The van der Waals surface area contributed by atoms with E-state index in [0.717, 1.165) is 17.8 Å². The first-order valence-corrected chi connectivity index (χ1v) is 9.30. The molecule has 1 heterocycles. The molecule has 5 rings (SSSR count). The van der Waals surface area contributed by atoms with Gasteiger partial charge in [0.1, 0.15) is 17.7 Å². The summed E-state index contributed by atoms with van der Waals surface area (Å²) < 4.78 is 15.3. The van der Waals surface area contributed by atoms with Crippen molar-refractivity contribution in [1.29, 1.82) is 0 Å². The molecule has 0 radical (unpaired) electrons. The van der Waals surface area contributed by atoms with Gasteiger partial charge in [0.05, 0.1) is 0 Å². The highest BCUT2D eigenvalue weighted by Gasteiger charge is 2.64. The minimum Gasteiger partial charge on any atom is -0.342 e. The van der Waals surface area contributed by atoms with E-state index >= 15 is 0 Å². The summed E-state index contributed by atoms with van der Waals surface area (Å²) in [5.41, 5.74) is 1.23. The summed E-state index contributed by atoms with van der Waals surface area (Å²) in [5, 5.41) is 3.21. The maximum atomic E-state index is 13.4. The van der Waals surface area contributed by atoms with Gasteiger partial charge in [-0.25, -0.2) is 9.37 Å². The molecule has 3 aliphatic rings. The van der Waals surface area contributed by atoms with Gasteiger partial charge in [-0.1, -0.05) is 24.3 Å². The smallest absolute Gasteiger partial charge is 0.224 e. The van der Waals surface area contributed by atoms with Crippen molar-refractivity contribution in [1.82, 2.24) is 14.9 Å². The van der Waals surface area contributed by atoms with Crippen molar-refractivity contribution in [2.24, 2.45) is 30.2 Å². The van der Waals surface area contributed by atoms with E-state index in [1.807, 2.05) is 17.8 Å². The Labute approximate surface area is 152 Å². The Morgan fingerprint density at radius 2 is 2.08 bits per heavy atom. The van der Waals surface area contributed by atoms with Crippen molar-refractivity contribution >= 4 is 5.91 Å². The Morgan fingerprint density at radius 3 is 2.69 bits per heavy atom. The van der Waals surface area contributed by atoms with E-state index < -0.39 is 0 Å². The van der Waals surface area contributed by atoms with Crippen LogP contribution in [-0.2, 0) is 11.8 Å². The molecule has 2 aromatic rings. The molecule has 1 aromatic carbocycles. The minimum absolute atomic E-state index is 0.0377. The van der Waals surface area contributed by atoms with Crippen LogP contribution >= 0.6 is 0 Å². The lowest BCUT2D eigenvalue weighted by Gasteiger charge is -2.24. The van der Waals surface area contributed by atoms with Gasteiger partial charge in [0, 0.05) is 25.4 Å². The quantitative estimate of drug-likeness (QED) is 0.859. The molecule has 1 spiro atoms. The number of rotatable bonds is 4. The molecule has 4 atom stereocenters. The van der Waals surface area contributed by atoms with Gasteiger partial charge in [-0.05, 0) is 54.2 Å². The van der Waals surface area contributed by atoms with E-state index in [1.54, 1.807) is 18.3 Å². The van der Waals surface area contributed by atoms with Crippen LogP contribution in [0.5, 0.6) is 0 Å². The number of allylic oxidation sites excluding steroid dienone is 2. The summed E-state index contributed by atoms with van der Waals surface area (Å²) >= 11 is 0. The van der Waals surface area contributed by atoms with Crippen LogP contribution in [0.3, 0.4) is 0 Å². The van der Waals surface area contributed by atoms with Gasteiger partial charge in [-0.15, -0.1) is 0 Å². The van der Waals surface area contributed by atoms with Gasteiger partial charge in [0.2, 0.25) is 5.91 Å². The molecule has 2 bridgehead atoms. The van der Waals surface area contributed by atoms with Crippen molar-refractivity contribution in [3.05, 3.63) is 66.0 Å². The molecule has 2 saturated carbocycles. The van der Waals surface area contributed by atoms with E-state index in [0.29, 0.717) is 17.3 Å². The van der Waals surface area contributed by atoms with Crippen molar-refractivity contribution < 1.29 is 9.18 Å². The number of imidazole rings is 1. The van der Waals surface area contributed by atoms with Crippen LogP contribution in [0.4, 0.5) is 4.39 Å². The molecule has 4 nitrogen and oxygen atoms in total. The van der Waals surface area contributed by atoms with Crippen LogP contribution in [0.25, 0.3) is 0 Å². The van der Waals surface area contributed by atoms with E-state index in [-0.39, 0.29) is 23.7 Å². The number of aryl methyl sites for hydroxylation is 1. The first-order valence-electron chi connectivity index (χ1n) is 9.30. The van der Waals surface area contributed by atoms with Crippen LogP contribution in [0, 0.1) is 29.0 Å². The predicted molar refractivity (Wildman–Crippen MR) is 95.5 cm³/mol. The third kappa shape index (κ3) is 2.26. The summed E-state index contributed by atoms with van der Waals surface area (Å²) in [6.45, 7) is 0. The third-order valence-corrected chi connectivity index (χ3v) is 6.67. The first kappa shape index (κ1) is 15.8. The number of nitrogens with one attached hydrogen (secondary N) is 1. The Balaban J connectivity index is 1.43. The van der Waals surface area contributed by atoms with Crippen molar-refractivity contribution in [2.75, 3.05) is 0 Å². The molecular formula is C21H22FN3O. The summed E-state index contributed by atoms with van der Waals surface area (Å²) in [6, 6.07) is 5.92. The largest absolute Gasteiger partial charge is 0.342 e. The van der Waals surface area contributed by atoms with Gasteiger partial charge in [0.25, 0.3) is 0 Å². The molecule has 134 valence electrons. The molecule has 0 saturated heterocycles. The van der Waals surface area contributed by atoms with Crippen molar-refractivity contribution in [3.63, 3.8) is 0 Å². The molecule has 0 unspecified atom stereocenters. The Hall–Kier alpha value is -2.43. The lowest BCUT2D eigenvalue weighted by Crippen LogP contribution is -2.37. The zero-order valence-corrected chi connectivity index (χ0v) is 14.7. The van der Waals surface area contributed by atoms with Crippen molar-refractivity contribution in [3.8, 4) is 0 Å². The number of carbonyl (C=O) groups excluding carboxylic acids is 1. The van der Waals surface area contributed by atoms with Crippen LogP contribution in [0.2, 0.25) is 0 Å². The monoisotopic (exact) mass is 351 g/mol.